The Bertz CT molecular complexity index is 1100. The number of esters is 1. The first-order valence-corrected chi connectivity index (χ1v) is 9.74. The topological polar surface area (TPSA) is 105 Å². The zero-order valence-corrected chi connectivity index (χ0v) is 16.7. The minimum absolute atomic E-state index is 0.222. The summed E-state index contributed by atoms with van der Waals surface area (Å²) in [5.74, 6) is -2.57. The summed E-state index contributed by atoms with van der Waals surface area (Å²) in [6.07, 6.45) is 1.05. The Morgan fingerprint density at radius 1 is 1.23 bits per heavy atom. The van der Waals surface area contributed by atoms with Crippen LogP contribution in [0.4, 0.5) is 14.9 Å². The molecule has 8 nitrogen and oxygen atoms in total. The zero-order chi connectivity index (χ0) is 22.2. The number of urea groups is 1. The molecule has 4 rings (SSSR count). The first kappa shape index (κ1) is 20.5. The molecule has 1 atom stereocenters. The second-order valence-corrected chi connectivity index (χ2v) is 7.56. The second-order valence-electron chi connectivity index (χ2n) is 7.56. The number of rotatable bonds is 5. The highest BCUT2D eigenvalue weighted by atomic mass is 19.1. The minimum atomic E-state index is -1.17. The Morgan fingerprint density at radius 2 is 2.00 bits per heavy atom. The van der Waals surface area contributed by atoms with E-state index in [2.05, 4.69) is 10.6 Å². The summed E-state index contributed by atoms with van der Waals surface area (Å²) >= 11 is 0. The van der Waals surface area contributed by atoms with Gasteiger partial charge in [0.05, 0.1) is 0 Å². The molecule has 0 bridgehead atoms. The molecule has 1 saturated heterocycles. The summed E-state index contributed by atoms with van der Waals surface area (Å²) in [5, 5.41) is 5.12. The molecule has 1 aliphatic heterocycles. The van der Waals surface area contributed by atoms with Crippen LogP contribution in [0, 0.1) is 12.7 Å². The molecule has 0 aromatic heterocycles. The molecular weight excluding hydrogens is 405 g/mol. The van der Waals surface area contributed by atoms with Gasteiger partial charge >= 0.3 is 12.0 Å². The third-order valence-electron chi connectivity index (χ3n) is 5.53. The van der Waals surface area contributed by atoms with E-state index in [1.165, 1.54) is 12.1 Å². The molecule has 2 aliphatic rings. The summed E-state index contributed by atoms with van der Waals surface area (Å²) in [7, 11) is 0. The van der Waals surface area contributed by atoms with Gasteiger partial charge in [-0.2, -0.15) is 0 Å². The SMILES string of the molecule is Cc1ccc(NC(=O)COC(=O)CN2C(=O)NC3(CCc4ccccc43)C2=O)cc1F. The van der Waals surface area contributed by atoms with Crippen molar-refractivity contribution in [1.82, 2.24) is 10.2 Å². The molecule has 1 spiro atoms. The molecule has 4 amide bonds. The molecule has 2 aromatic carbocycles. The van der Waals surface area contributed by atoms with E-state index in [0.717, 1.165) is 22.1 Å². The minimum Gasteiger partial charge on any atom is -0.454 e. The molecule has 31 heavy (non-hydrogen) atoms. The number of fused-ring (bicyclic) bond motifs is 2. The lowest BCUT2D eigenvalue weighted by Crippen LogP contribution is -2.42. The van der Waals surface area contributed by atoms with Crippen molar-refractivity contribution in [3.63, 3.8) is 0 Å². The first-order chi connectivity index (χ1) is 14.8. The van der Waals surface area contributed by atoms with Crippen LogP contribution in [-0.2, 0) is 31.1 Å². The summed E-state index contributed by atoms with van der Waals surface area (Å²) in [6.45, 7) is 0.347. The van der Waals surface area contributed by atoms with Crippen molar-refractivity contribution in [1.29, 1.82) is 0 Å². The van der Waals surface area contributed by atoms with Gasteiger partial charge < -0.3 is 15.4 Å². The van der Waals surface area contributed by atoms with E-state index < -0.39 is 48.3 Å². The number of amides is 4. The van der Waals surface area contributed by atoms with E-state index in [4.69, 9.17) is 4.74 Å². The van der Waals surface area contributed by atoms with Crippen LogP contribution < -0.4 is 10.6 Å². The fourth-order valence-corrected chi connectivity index (χ4v) is 3.92. The highest BCUT2D eigenvalue weighted by molar-refractivity contribution is 6.09. The van der Waals surface area contributed by atoms with Crippen LogP contribution >= 0.6 is 0 Å². The van der Waals surface area contributed by atoms with Gasteiger partial charge in [-0.15, -0.1) is 0 Å². The van der Waals surface area contributed by atoms with Crippen LogP contribution in [0.3, 0.4) is 0 Å². The van der Waals surface area contributed by atoms with Gasteiger partial charge in [0, 0.05) is 5.69 Å². The maximum absolute atomic E-state index is 13.6. The summed E-state index contributed by atoms with van der Waals surface area (Å²) in [5.41, 5.74) is 1.19. The lowest BCUT2D eigenvalue weighted by Gasteiger charge is -2.22. The van der Waals surface area contributed by atoms with Crippen LogP contribution in [-0.4, -0.2) is 41.9 Å². The first-order valence-electron chi connectivity index (χ1n) is 9.74. The third-order valence-corrected chi connectivity index (χ3v) is 5.53. The molecular formula is C22H20FN3O5. The van der Waals surface area contributed by atoms with E-state index in [1.807, 2.05) is 12.1 Å². The number of benzene rings is 2. The normalized spacial score (nSPS) is 19.4. The predicted octanol–water partition coefficient (Wildman–Crippen LogP) is 2.01. The number of hydrogen-bond donors (Lipinski definition) is 2. The van der Waals surface area contributed by atoms with E-state index in [1.54, 1.807) is 19.1 Å². The molecule has 1 fully saturated rings. The Labute approximate surface area is 177 Å². The van der Waals surface area contributed by atoms with Crippen LogP contribution in [0.1, 0.15) is 23.1 Å². The monoisotopic (exact) mass is 425 g/mol. The maximum atomic E-state index is 13.6. The van der Waals surface area contributed by atoms with Gasteiger partial charge in [-0.05, 0) is 48.6 Å². The molecule has 1 aliphatic carbocycles. The molecule has 9 heteroatoms. The number of carbonyl (C=O) groups is 4. The van der Waals surface area contributed by atoms with Crippen molar-refractivity contribution in [3.8, 4) is 0 Å². The van der Waals surface area contributed by atoms with Gasteiger partial charge in [0.2, 0.25) is 0 Å². The van der Waals surface area contributed by atoms with E-state index >= 15 is 0 Å². The van der Waals surface area contributed by atoms with Crippen molar-refractivity contribution in [2.24, 2.45) is 0 Å². The average molecular weight is 425 g/mol. The van der Waals surface area contributed by atoms with Crippen LogP contribution in [0.2, 0.25) is 0 Å². The zero-order valence-electron chi connectivity index (χ0n) is 16.7. The number of ether oxygens (including phenoxy) is 1. The van der Waals surface area contributed by atoms with Crippen molar-refractivity contribution in [2.45, 2.75) is 25.3 Å². The lowest BCUT2D eigenvalue weighted by atomic mass is 9.92. The second kappa shape index (κ2) is 7.82. The van der Waals surface area contributed by atoms with Gasteiger partial charge in [0.1, 0.15) is 17.9 Å². The maximum Gasteiger partial charge on any atom is 0.326 e. The lowest BCUT2D eigenvalue weighted by molar-refractivity contribution is -0.150. The van der Waals surface area contributed by atoms with Crippen molar-refractivity contribution in [3.05, 3.63) is 65.0 Å². The predicted molar refractivity (Wildman–Crippen MR) is 107 cm³/mol. The number of hydrogen-bond acceptors (Lipinski definition) is 5. The quantitative estimate of drug-likeness (QED) is 0.563. The molecule has 2 aromatic rings. The van der Waals surface area contributed by atoms with Crippen molar-refractivity contribution in [2.75, 3.05) is 18.5 Å². The number of nitrogens with zero attached hydrogens (tertiary/aromatic N) is 1. The van der Waals surface area contributed by atoms with Crippen LogP contribution in [0.25, 0.3) is 0 Å². The van der Waals surface area contributed by atoms with Gasteiger partial charge in [0.15, 0.2) is 6.61 Å². The van der Waals surface area contributed by atoms with Gasteiger partial charge in [0.25, 0.3) is 11.8 Å². The van der Waals surface area contributed by atoms with Crippen molar-refractivity contribution >= 4 is 29.5 Å². The number of anilines is 1. The molecule has 160 valence electrons. The van der Waals surface area contributed by atoms with Gasteiger partial charge in [-0.1, -0.05) is 30.3 Å². The fraction of sp³-hybridized carbons (Fsp3) is 0.273. The molecule has 0 radical (unpaired) electrons. The van der Waals surface area contributed by atoms with Gasteiger partial charge in [-0.25, -0.2) is 9.18 Å². The Hall–Kier alpha value is -3.75. The molecule has 1 heterocycles. The Kier molecular flexibility index (Phi) is 5.18. The molecule has 1 unspecified atom stereocenters. The van der Waals surface area contributed by atoms with Gasteiger partial charge in [-0.3, -0.25) is 19.3 Å². The van der Waals surface area contributed by atoms with E-state index in [-0.39, 0.29) is 5.69 Å². The number of aryl methyl sites for hydroxylation is 2. The number of halogens is 1. The number of nitrogens with one attached hydrogen (secondary N) is 2. The highest BCUT2D eigenvalue weighted by Crippen LogP contribution is 2.41. The summed E-state index contributed by atoms with van der Waals surface area (Å²) in [6, 6.07) is 10.8. The Balaban J connectivity index is 1.35. The summed E-state index contributed by atoms with van der Waals surface area (Å²) < 4.78 is 18.4. The fourth-order valence-electron chi connectivity index (χ4n) is 3.92. The Morgan fingerprint density at radius 3 is 2.77 bits per heavy atom. The number of imide groups is 1. The smallest absolute Gasteiger partial charge is 0.326 e. The van der Waals surface area contributed by atoms with E-state index in [0.29, 0.717) is 18.4 Å². The average Bonchev–Trinajstić information content (AvgIpc) is 3.23. The molecule has 0 saturated carbocycles. The highest BCUT2D eigenvalue weighted by Gasteiger charge is 2.55. The summed E-state index contributed by atoms with van der Waals surface area (Å²) in [4.78, 5) is 50.3. The van der Waals surface area contributed by atoms with E-state index in [9.17, 15) is 23.6 Å². The molecule has 2 N–H and O–H groups in total. The standard InChI is InChI=1S/C22H20FN3O5/c1-13-6-7-15(10-17(13)23)24-18(27)12-31-19(28)11-26-20(29)22(25-21(26)30)9-8-14-4-2-3-5-16(14)22/h2-7,10H,8-9,11-12H2,1H3,(H,24,27)(H,25,30). The van der Waals surface area contributed by atoms with Crippen LogP contribution in [0.15, 0.2) is 42.5 Å². The number of carbonyl (C=O) groups excluding carboxylic acids is 4. The van der Waals surface area contributed by atoms with Crippen molar-refractivity contribution < 1.29 is 28.3 Å². The third kappa shape index (κ3) is 3.74. The van der Waals surface area contributed by atoms with Crippen LogP contribution in [0.5, 0.6) is 0 Å². The largest absolute Gasteiger partial charge is 0.454 e.